The summed E-state index contributed by atoms with van der Waals surface area (Å²) in [4.78, 5) is 2.54. The molecule has 144 valence electrons. The smallest absolute Gasteiger partial charge is 0.278 e. The normalized spacial score (nSPS) is 35.9. The maximum Gasteiger partial charge on any atom is 0.278 e. The van der Waals surface area contributed by atoms with E-state index in [0.717, 1.165) is 19.3 Å². The molecular formula is C19H29N3O3S. The highest BCUT2D eigenvalue weighted by Crippen LogP contribution is 2.63. The van der Waals surface area contributed by atoms with Crippen molar-refractivity contribution in [1.29, 1.82) is 0 Å². The van der Waals surface area contributed by atoms with E-state index in [0.29, 0.717) is 36.2 Å². The molecule has 2 bridgehead atoms. The highest BCUT2D eigenvalue weighted by molar-refractivity contribution is 7.87. The standard InChI is InChI=1S/C19H29N3O3S/c1-12-17-9-13-5-6-14(23)10-15(13)19(12,16-11-18(16)22(17)4)7-8-20-26(24,25)21(2)3/h5-6,10,12,16-18,20,23H,7-9,11H2,1-4H3/t12-,16?,17+,18?,19+/m0/s1. The van der Waals surface area contributed by atoms with E-state index in [1.54, 1.807) is 20.2 Å². The van der Waals surface area contributed by atoms with Crippen LogP contribution in [0.2, 0.25) is 0 Å². The number of likely N-dealkylation sites (N-methyl/N-ethyl adjacent to an activating group) is 1. The Morgan fingerprint density at radius 1 is 1.35 bits per heavy atom. The lowest BCUT2D eigenvalue weighted by molar-refractivity contribution is 0.0297. The lowest BCUT2D eigenvalue weighted by Crippen LogP contribution is -2.59. The molecule has 3 aliphatic rings. The predicted octanol–water partition coefficient (Wildman–Crippen LogP) is 1.31. The van der Waals surface area contributed by atoms with Crippen LogP contribution in [0.5, 0.6) is 5.75 Å². The molecule has 1 saturated heterocycles. The molecule has 1 saturated carbocycles. The summed E-state index contributed by atoms with van der Waals surface area (Å²) in [6.45, 7) is 2.72. The number of nitrogens with one attached hydrogen (secondary N) is 1. The molecule has 1 aromatic carbocycles. The Morgan fingerprint density at radius 3 is 2.77 bits per heavy atom. The van der Waals surface area contributed by atoms with Crippen LogP contribution < -0.4 is 4.72 Å². The van der Waals surface area contributed by atoms with Crippen molar-refractivity contribution in [3.63, 3.8) is 0 Å². The predicted molar refractivity (Wildman–Crippen MR) is 101 cm³/mol. The molecule has 0 aromatic heterocycles. The summed E-state index contributed by atoms with van der Waals surface area (Å²) in [5, 5.41) is 10.1. The van der Waals surface area contributed by atoms with Gasteiger partial charge in [-0.25, -0.2) is 4.72 Å². The SMILES string of the molecule is C[C@H]1[C@H]2Cc3ccc(O)cc3[C@]1(CCNS(=O)(=O)N(C)C)C1CC1N2C. The van der Waals surface area contributed by atoms with E-state index in [-0.39, 0.29) is 5.41 Å². The molecule has 1 heterocycles. The van der Waals surface area contributed by atoms with Crippen LogP contribution in [0.15, 0.2) is 18.2 Å². The van der Waals surface area contributed by atoms with Crippen LogP contribution in [0.4, 0.5) is 0 Å². The molecule has 26 heavy (non-hydrogen) atoms. The summed E-state index contributed by atoms with van der Waals surface area (Å²) < 4.78 is 28.2. The number of benzene rings is 1. The van der Waals surface area contributed by atoms with Gasteiger partial charge in [-0.3, -0.25) is 4.90 Å². The van der Waals surface area contributed by atoms with Crippen molar-refractivity contribution < 1.29 is 13.5 Å². The second-order valence-electron chi connectivity index (χ2n) is 8.45. The van der Waals surface area contributed by atoms with Crippen LogP contribution in [0.25, 0.3) is 0 Å². The second kappa shape index (κ2) is 5.92. The van der Waals surface area contributed by atoms with Gasteiger partial charge in [0.15, 0.2) is 0 Å². The summed E-state index contributed by atoms with van der Waals surface area (Å²) >= 11 is 0. The van der Waals surface area contributed by atoms with E-state index in [4.69, 9.17) is 0 Å². The van der Waals surface area contributed by atoms with E-state index in [2.05, 4.69) is 29.7 Å². The van der Waals surface area contributed by atoms with Crippen LogP contribution >= 0.6 is 0 Å². The molecule has 1 aliphatic heterocycles. The zero-order valence-corrected chi connectivity index (χ0v) is 16.8. The highest BCUT2D eigenvalue weighted by Gasteiger charge is 2.65. The molecule has 2 N–H and O–H groups in total. The van der Waals surface area contributed by atoms with Crippen molar-refractivity contribution in [2.24, 2.45) is 11.8 Å². The summed E-state index contributed by atoms with van der Waals surface area (Å²) in [6, 6.07) is 6.82. The number of hydrogen-bond donors (Lipinski definition) is 2. The number of rotatable bonds is 5. The summed E-state index contributed by atoms with van der Waals surface area (Å²) in [5.74, 6) is 1.26. The van der Waals surface area contributed by atoms with Crippen molar-refractivity contribution in [2.45, 2.75) is 43.7 Å². The summed E-state index contributed by atoms with van der Waals surface area (Å²) in [5.41, 5.74) is 2.48. The van der Waals surface area contributed by atoms with E-state index in [1.807, 2.05) is 6.07 Å². The van der Waals surface area contributed by atoms with E-state index in [9.17, 15) is 13.5 Å². The first-order valence-electron chi connectivity index (χ1n) is 9.40. The third-order valence-corrected chi connectivity index (χ3v) is 8.71. The van der Waals surface area contributed by atoms with Gasteiger partial charge < -0.3 is 5.11 Å². The number of aromatic hydroxyl groups is 1. The average Bonchev–Trinajstić information content (AvgIpc) is 3.36. The Bertz CT molecular complexity index is 825. The number of phenolic OH excluding ortho intramolecular Hbond substituents is 1. The lowest BCUT2D eigenvalue weighted by atomic mass is 9.56. The van der Waals surface area contributed by atoms with E-state index in [1.165, 1.54) is 15.4 Å². The van der Waals surface area contributed by atoms with Crippen molar-refractivity contribution in [1.82, 2.24) is 13.9 Å². The fourth-order valence-corrected chi connectivity index (χ4v) is 6.31. The number of piperidine rings is 1. The third-order valence-electron chi connectivity index (χ3n) is 7.18. The summed E-state index contributed by atoms with van der Waals surface area (Å²) in [6.07, 6.45) is 2.93. The number of fused-ring (bicyclic) bond motifs is 6. The van der Waals surface area contributed by atoms with Gasteiger partial charge in [-0.15, -0.1) is 0 Å². The molecule has 0 spiro atoms. The monoisotopic (exact) mass is 379 g/mol. The van der Waals surface area contributed by atoms with Crippen molar-refractivity contribution in [3.8, 4) is 5.75 Å². The van der Waals surface area contributed by atoms with E-state index < -0.39 is 10.2 Å². The number of likely N-dealkylation sites (tertiary alicyclic amines) is 1. The maximum absolute atomic E-state index is 12.1. The molecule has 0 radical (unpaired) electrons. The lowest BCUT2D eigenvalue weighted by Gasteiger charge is -2.55. The maximum atomic E-state index is 12.1. The zero-order valence-electron chi connectivity index (χ0n) is 15.9. The minimum absolute atomic E-state index is 0.0665. The molecule has 0 amide bonds. The Hall–Kier alpha value is -1.15. The first-order chi connectivity index (χ1) is 12.2. The summed E-state index contributed by atoms with van der Waals surface area (Å²) in [7, 11) is 1.89. The van der Waals surface area contributed by atoms with Crippen LogP contribution in [0, 0.1) is 11.8 Å². The third kappa shape index (κ3) is 2.52. The van der Waals surface area contributed by atoms with Crippen LogP contribution in [0.1, 0.15) is 30.9 Å². The fraction of sp³-hybridized carbons (Fsp3) is 0.684. The van der Waals surface area contributed by atoms with Crippen molar-refractivity contribution >= 4 is 10.2 Å². The molecule has 1 aromatic rings. The Labute approximate surface area is 156 Å². The van der Waals surface area contributed by atoms with Gasteiger partial charge in [-0.2, -0.15) is 12.7 Å². The van der Waals surface area contributed by atoms with Crippen LogP contribution in [-0.4, -0.2) is 62.5 Å². The Kier molecular flexibility index (Phi) is 4.15. The molecule has 2 aliphatic carbocycles. The largest absolute Gasteiger partial charge is 0.508 e. The minimum atomic E-state index is -3.42. The highest BCUT2D eigenvalue weighted by atomic mass is 32.2. The molecular weight excluding hydrogens is 350 g/mol. The van der Waals surface area contributed by atoms with Crippen molar-refractivity contribution in [2.75, 3.05) is 27.7 Å². The number of hydrogen-bond acceptors (Lipinski definition) is 4. The van der Waals surface area contributed by atoms with Crippen molar-refractivity contribution in [3.05, 3.63) is 29.3 Å². The zero-order chi connectivity index (χ0) is 18.9. The first-order valence-corrected chi connectivity index (χ1v) is 10.8. The van der Waals surface area contributed by atoms with Gasteiger partial charge in [-0.05, 0) is 61.4 Å². The Balaban J connectivity index is 1.71. The Morgan fingerprint density at radius 2 is 2.08 bits per heavy atom. The van der Waals surface area contributed by atoms with Gasteiger partial charge in [-0.1, -0.05) is 13.0 Å². The van der Waals surface area contributed by atoms with Crippen LogP contribution in [0.3, 0.4) is 0 Å². The second-order valence-corrected chi connectivity index (χ2v) is 10.4. The molecule has 5 atom stereocenters. The van der Waals surface area contributed by atoms with Gasteiger partial charge in [0.1, 0.15) is 5.75 Å². The molecule has 7 heteroatoms. The van der Waals surface area contributed by atoms with Gasteiger partial charge in [0.25, 0.3) is 10.2 Å². The number of nitrogens with zero attached hydrogens (tertiary/aromatic N) is 2. The van der Waals surface area contributed by atoms with Gasteiger partial charge in [0, 0.05) is 38.1 Å². The van der Waals surface area contributed by atoms with Gasteiger partial charge >= 0.3 is 0 Å². The fourth-order valence-electron chi connectivity index (χ4n) is 5.70. The quantitative estimate of drug-likeness (QED) is 0.809. The first kappa shape index (κ1) is 18.2. The molecule has 4 rings (SSSR count). The molecule has 2 unspecified atom stereocenters. The molecule has 2 fully saturated rings. The topological polar surface area (TPSA) is 72.9 Å². The average molecular weight is 380 g/mol. The van der Waals surface area contributed by atoms with E-state index >= 15 is 0 Å². The van der Waals surface area contributed by atoms with Gasteiger partial charge in [0.2, 0.25) is 0 Å². The van der Waals surface area contributed by atoms with Crippen LogP contribution in [-0.2, 0) is 22.0 Å². The molecule has 6 nitrogen and oxygen atoms in total. The number of phenols is 1. The minimum Gasteiger partial charge on any atom is -0.508 e. The van der Waals surface area contributed by atoms with Gasteiger partial charge in [0.05, 0.1) is 0 Å².